The van der Waals surface area contributed by atoms with Crippen LogP contribution in [0.1, 0.15) is 36.5 Å². The summed E-state index contributed by atoms with van der Waals surface area (Å²) in [5.41, 5.74) is 0.585. The maximum atomic E-state index is 12.1. The minimum atomic E-state index is -0.416. The van der Waals surface area contributed by atoms with Gasteiger partial charge in [0.05, 0.1) is 12.7 Å². The molecule has 3 N–H and O–H groups in total. The molecule has 2 unspecified atom stereocenters. The number of carbonyl (C=O) groups is 2. The second-order valence-corrected chi connectivity index (χ2v) is 6.09. The monoisotopic (exact) mass is 334 g/mol. The molecule has 132 valence electrons. The number of ketones is 1. The van der Waals surface area contributed by atoms with Crippen LogP contribution in [0.2, 0.25) is 0 Å². The number of ether oxygens (including phenoxy) is 1. The molecule has 6 heteroatoms. The summed E-state index contributed by atoms with van der Waals surface area (Å²) in [4.78, 5) is 23.9. The molecule has 0 radical (unpaired) electrons. The van der Waals surface area contributed by atoms with Gasteiger partial charge >= 0.3 is 0 Å². The Morgan fingerprint density at radius 1 is 1.25 bits per heavy atom. The van der Waals surface area contributed by atoms with E-state index in [1.54, 1.807) is 24.3 Å². The van der Waals surface area contributed by atoms with E-state index in [4.69, 9.17) is 4.74 Å². The molecule has 0 aromatic heterocycles. The Bertz CT molecular complexity index is 544. The molecule has 0 spiro atoms. The van der Waals surface area contributed by atoms with Crippen molar-refractivity contribution < 1.29 is 19.4 Å². The Morgan fingerprint density at radius 3 is 2.62 bits per heavy atom. The van der Waals surface area contributed by atoms with Gasteiger partial charge in [0.15, 0.2) is 5.78 Å². The van der Waals surface area contributed by atoms with Crippen LogP contribution in [0.5, 0.6) is 5.75 Å². The van der Waals surface area contributed by atoms with Crippen molar-refractivity contribution in [1.29, 1.82) is 0 Å². The van der Waals surface area contributed by atoms with Crippen LogP contribution in [0.25, 0.3) is 0 Å². The highest BCUT2D eigenvalue weighted by Crippen LogP contribution is 2.14. The average Bonchev–Trinajstić information content (AvgIpc) is 3.01. The summed E-state index contributed by atoms with van der Waals surface area (Å²) < 4.78 is 5.48. The lowest BCUT2D eigenvalue weighted by Crippen LogP contribution is -2.34. The molecule has 1 saturated heterocycles. The minimum absolute atomic E-state index is 0.0420. The maximum Gasteiger partial charge on any atom is 0.220 e. The van der Waals surface area contributed by atoms with Crippen molar-refractivity contribution in [2.45, 2.75) is 32.3 Å². The van der Waals surface area contributed by atoms with Gasteiger partial charge in [-0.05, 0) is 30.7 Å². The van der Waals surface area contributed by atoms with Gasteiger partial charge < -0.3 is 20.5 Å². The molecular weight excluding hydrogens is 308 g/mol. The fourth-order valence-corrected chi connectivity index (χ4v) is 2.59. The van der Waals surface area contributed by atoms with Gasteiger partial charge in [0.2, 0.25) is 5.91 Å². The van der Waals surface area contributed by atoms with Gasteiger partial charge in [-0.15, -0.1) is 0 Å². The van der Waals surface area contributed by atoms with Gasteiger partial charge in [0.25, 0.3) is 0 Å². The first-order chi connectivity index (χ1) is 11.6. The SMILES string of the molecule is CCCOc1ccc(C(=O)CCC(=O)NCC2CNCC2O)cc1. The smallest absolute Gasteiger partial charge is 0.220 e. The highest BCUT2D eigenvalue weighted by molar-refractivity contribution is 5.98. The van der Waals surface area contributed by atoms with E-state index in [1.165, 1.54) is 0 Å². The Morgan fingerprint density at radius 2 is 2.00 bits per heavy atom. The predicted octanol–water partition coefficient (Wildman–Crippen LogP) is 1.13. The summed E-state index contributed by atoms with van der Waals surface area (Å²) in [5, 5.41) is 15.5. The second kappa shape index (κ2) is 9.39. The minimum Gasteiger partial charge on any atom is -0.494 e. The summed E-state index contributed by atoms with van der Waals surface area (Å²) in [6, 6.07) is 7.01. The molecule has 24 heavy (non-hydrogen) atoms. The van der Waals surface area contributed by atoms with Crippen LogP contribution in [-0.4, -0.2) is 49.1 Å². The van der Waals surface area contributed by atoms with E-state index in [1.807, 2.05) is 6.92 Å². The summed E-state index contributed by atoms with van der Waals surface area (Å²) >= 11 is 0. The number of aliphatic hydroxyl groups excluding tert-OH is 1. The Hall–Kier alpha value is -1.92. The molecule has 0 bridgehead atoms. The Balaban J connectivity index is 1.70. The van der Waals surface area contributed by atoms with E-state index in [-0.39, 0.29) is 30.4 Å². The molecule has 6 nitrogen and oxygen atoms in total. The number of amides is 1. The standard InChI is InChI=1S/C18H26N2O4/c1-2-9-24-15-5-3-13(4-6-15)16(21)7-8-18(23)20-11-14-10-19-12-17(14)22/h3-6,14,17,19,22H,2,7-12H2,1H3,(H,20,23). The number of hydrogen-bond donors (Lipinski definition) is 3. The Labute approximate surface area is 142 Å². The summed E-state index contributed by atoms with van der Waals surface area (Å²) in [7, 11) is 0. The van der Waals surface area contributed by atoms with Gasteiger partial charge in [0.1, 0.15) is 5.75 Å². The van der Waals surface area contributed by atoms with E-state index in [2.05, 4.69) is 10.6 Å². The first kappa shape index (κ1) is 18.4. The molecule has 1 aromatic carbocycles. The number of aliphatic hydroxyl groups is 1. The molecule has 1 amide bonds. The fraction of sp³-hybridized carbons (Fsp3) is 0.556. The lowest BCUT2D eigenvalue weighted by molar-refractivity contribution is -0.121. The van der Waals surface area contributed by atoms with Gasteiger partial charge in [-0.2, -0.15) is 0 Å². The maximum absolute atomic E-state index is 12.1. The number of β-amino-alcohol motifs (C(OH)–C–C–N with tert-alkyl or cyclic N) is 1. The zero-order valence-corrected chi connectivity index (χ0v) is 14.1. The fourth-order valence-electron chi connectivity index (χ4n) is 2.59. The van der Waals surface area contributed by atoms with Crippen molar-refractivity contribution in [3.63, 3.8) is 0 Å². The van der Waals surface area contributed by atoms with E-state index in [0.717, 1.165) is 12.2 Å². The molecule has 1 heterocycles. The van der Waals surface area contributed by atoms with E-state index < -0.39 is 6.10 Å². The molecule has 1 fully saturated rings. The van der Waals surface area contributed by atoms with Crippen LogP contribution in [0.4, 0.5) is 0 Å². The number of rotatable bonds is 9. The molecule has 1 aliphatic heterocycles. The van der Waals surface area contributed by atoms with Crippen molar-refractivity contribution in [2.75, 3.05) is 26.2 Å². The van der Waals surface area contributed by atoms with Crippen LogP contribution in [0.15, 0.2) is 24.3 Å². The molecule has 2 rings (SSSR count). The van der Waals surface area contributed by atoms with Gasteiger partial charge in [-0.25, -0.2) is 0 Å². The first-order valence-corrected chi connectivity index (χ1v) is 8.51. The van der Waals surface area contributed by atoms with E-state index in [0.29, 0.717) is 31.8 Å². The number of benzene rings is 1. The van der Waals surface area contributed by atoms with Gasteiger partial charge in [-0.3, -0.25) is 9.59 Å². The summed E-state index contributed by atoms with van der Waals surface area (Å²) in [6.07, 6.45) is 0.847. The third kappa shape index (κ3) is 5.62. The van der Waals surface area contributed by atoms with Crippen LogP contribution in [0.3, 0.4) is 0 Å². The lowest BCUT2D eigenvalue weighted by atomic mass is 10.1. The van der Waals surface area contributed by atoms with Crippen LogP contribution < -0.4 is 15.4 Å². The van der Waals surface area contributed by atoms with Crippen molar-refractivity contribution in [2.24, 2.45) is 5.92 Å². The normalized spacial score (nSPS) is 19.9. The largest absolute Gasteiger partial charge is 0.494 e. The van der Waals surface area contributed by atoms with Crippen molar-refractivity contribution >= 4 is 11.7 Å². The van der Waals surface area contributed by atoms with Crippen LogP contribution >= 0.6 is 0 Å². The second-order valence-electron chi connectivity index (χ2n) is 6.09. The molecule has 0 saturated carbocycles. The summed E-state index contributed by atoms with van der Waals surface area (Å²) in [6.45, 7) is 4.39. The van der Waals surface area contributed by atoms with Gasteiger partial charge in [-0.1, -0.05) is 6.92 Å². The third-order valence-corrected chi connectivity index (χ3v) is 4.09. The topological polar surface area (TPSA) is 87.7 Å². The first-order valence-electron chi connectivity index (χ1n) is 8.51. The zero-order chi connectivity index (χ0) is 17.4. The predicted molar refractivity (Wildman–Crippen MR) is 91.2 cm³/mol. The zero-order valence-electron chi connectivity index (χ0n) is 14.1. The molecule has 0 aliphatic carbocycles. The highest BCUT2D eigenvalue weighted by atomic mass is 16.5. The van der Waals surface area contributed by atoms with E-state index in [9.17, 15) is 14.7 Å². The van der Waals surface area contributed by atoms with Crippen molar-refractivity contribution in [3.8, 4) is 5.75 Å². The van der Waals surface area contributed by atoms with Gasteiger partial charge in [0, 0.05) is 44.0 Å². The molecular formula is C18H26N2O4. The lowest BCUT2D eigenvalue weighted by Gasteiger charge is -2.13. The Kier molecular flexibility index (Phi) is 7.21. The quantitative estimate of drug-likeness (QED) is 0.589. The highest BCUT2D eigenvalue weighted by Gasteiger charge is 2.25. The number of nitrogens with one attached hydrogen (secondary N) is 2. The van der Waals surface area contributed by atoms with E-state index >= 15 is 0 Å². The average molecular weight is 334 g/mol. The third-order valence-electron chi connectivity index (χ3n) is 4.09. The van der Waals surface area contributed by atoms with Crippen LogP contribution in [-0.2, 0) is 4.79 Å². The number of carbonyl (C=O) groups excluding carboxylic acids is 2. The number of hydrogen-bond acceptors (Lipinski definition) is 5. The molecule has 1 aromatic rings. The molecule has 2 atom stereocenters. The molecule has 1 aliphatic rings. The van der Waals surface area contributed by atoms with Crippen LogP contribution in [0, 0.1) is 5.92 Å². The van der Waals surface area contributed by atoms with Crippen molar-refractivity contribution in [1.82, 2.24) is 10.6 Å². The van der Waals surface area contributed by atoms with Crippen molar-refractivity contribution in [3.05, 3.63) is 29.8 Å². The number of Topliss-reactive ketones (excluding diaryl/α,β-unsaturated/α-hetero) is 1. The summed E-state index contributed by atoms with van der Waals surface area (Å²) in [5.74, 6) is 0.565.